The number of rotatable bonds is 0. The molecule has 1 aliphatic rings. The number of aliphatic imine (C=N–C) groups is 1. The van der Waals surface area contributed by atoms with Crippen molar-refractivity contribution in [2.45, 2.75) is 12.8 Å². The molecule has 3 heterocycles. The summed E-state index contributed by atoms with van der Waals surface area (Å²) in [6, 6.07) is 7.66. The molecule has 4 heteroatoms. The largest absolute Gasteiger partial charge is 0.273 e. The SMILES string of the molecule is O=C1CCC=N1.c1cnc2cccnc2c1. The molecular formula is C12H11N3O. The fourth-order valence-electron chi connectivity index (χ4n) is 1.32. The Balaban J connectivity index is 0.000000138. The normalized spacial score (nSPS) is 13.6. The lowest BCUT2D eigenvalue weighted by Gasteiger charge is -1.90. The van der Waals surface area contributed by atoms with Crippen LogP contribution in [0.2, 0.25) is 0 Å². The highest BCUT2D eigenvalue weighted by atomic mass is 16.1. The summed E-state index contributed by atoms with van der Waals surface area (Å²) in [5.41, 5.74) is 1.90. The molecule has 0 N–H and O–H groups in total. The van der Waals surface area contributed by atoms with Crippen molar-refractivity contribution >= 4 is 23.2 Å². The van der Waals surface area contributed by atoms with Crippen LogP contribution in [0.3, 0.4) is 0 Å². The molecule has 0 saturated carbocycles. The van der Waals surface area contributed by atoms with E-state index in [0.29, 0.717) is 6.42 Å². The predicted molar refractivity (Wildman–Crippen MR) is 62.3 cm³/mol. The first-order valence-corrected chi connectivity index (χ1v) is 5.07. The van der Waals surface area contributed by atoms with Crippen LogP contribution in [0.15, 0.2) is 41.7 Å². The summed E-state index contributed by atoms with van der Waals surface area (Å²) in [4.78, 5) is 21.8. The van der Waals surface area contributed by atoms with Gasteiger partial charge in [-0.25, -0.2) is 4.99 Å². The molecule has 0 bridgehead atoms. The van der Waals surface area contributed by atoms with Crippen molar-refractivity contribution in [2.24, 2.45) is 4.99 Å². The zero-order valence-electron chi connectivity index (χ0n) is 8.71. The van der Waals surface area contributed by atoms with E-state index in [-0.39, 0.29) is 5.91 Å². The van der Waals surface area contributed by atoms with Crippen LogP contribution in [-0.4, -0.2) is 22.1 Å². The molecule has 0 unspecified atom stereocenters. The standard InChI is InChI=1S/C8H6N2.C4H5NO/c1-3-7-8(9-5-1)4-2-6-10-7;6-4-2-1-3-5-4/h1-6H;3H,1-2H2. The smallest absolute Gasteiger partial charge is 0.245 e. The van der Waals surface area contributed by atoms with Crippen molar-refractivity contribution in [1.82, 2.24) is 9.97 Å². The molecule has 0 saturated heterocycles. The number of nitrogens with zero attached hydrogens (tertiary/aromatic N) is 3. The van der Waals surface area contributed by atoms with E-state index < -0.39 is 0 Å². The van der Waals surface area contributed by atoms with Gasteiger partial charge in [-0.3, -0.25) is 14.8 Å². The highest BCUT2D eigenvalue weighted by Crippen LogP contribution is 2.04. The molecule has 3 rings (SSSR count). The Bertz CT molecular complexity index is 457. The number of amides is 1. The monoisotopic (exact) mass is 213 g/mol. The third-order valence-corrected chi connectivity index (χ3v) is 2.09. The molecule has 0 atom stereocenters. The van der Waals surface area contributed by atoms with E-state index in [2.05, 4.69) is 15.0 Å². The van der Waals surface area contributed by atoms with Crippen molar-refractivity contribution < 1.29 is 4.79 Å². The molecule has 0 radical (unpaired) electrons. The number of pyridine rings is 2. The van der Waals surface area contributed by atoms with E-state index in [1.54, 1.807) is 18.6 Å². The molecule has 80 valence electrons. The second-order valence-electron chi connectivity index (χ2n) is 3.29. The second-order valence-corrected chi connectivity index (χ2v) is 3.29. The van der Waals surface area contributed by atoms with Gasteiger partial charge in [0.15, 0.2) is 0 Å². The van der Waals surface area contributed by atoms with Crippen LogP contribution >= 0.6 is 0 Å². The topological polar surface area (TPSA) is 55.2 Å². The molecule has 1 amide bonds. The van der Waals surface area contributed by atoms with E-state index in [9.17, 15) is 4.79 Å². The average Bonchev–Trinajstić information content (AvgIpc) is 2.81. The number of fused-ring (bicyclic) bond motifs is 1. The van der Waals surface area contributed by atoms with Crippen molar-refractivity contribution in [2.75, 3.05) is 0 Å². The van der Waals surface area contributed by atoms with Gasteiger partial charge in [0, 0.05) is 25.0 Å². The van der Waals surface area contributed by atoms with E-state index in [1.165, 1.54) is 0 Å². The first-order valence-electron chi connectivity index (χ1n) is 5.07. The van der Waals surface area contributed by atoms with Gasteiger partial charge in [0.1, 0.15) is 0 Å². The Hall–Kier alpha value is -2.10. The maximum absolute atomic E-state index is 10.0. The summed E-state index contributed by atoms with van der Waals surface area (Å²) in [7, 11) is 0. The minimum absolute atomic E-state index is 0.0231. The summed E-state index contributed by atoms with van der Waals surface area (Å²) in [6.45, 7) is 0. The molecule has 2 aromatic rings. The summed E-state index contributed by atoms with van der Waals surface area (Å²) in [5.74, 6) is 0.0231. The average molecular weight is 213 g/mol. The van der Waals surface area contributed by atoms with Gasteiger partial charge < -0.3 is 0 Å². The fraction of sp³-hybridized carbons (Fsp3) is 0.167. The lowest BCUT2D eigenvalue weighted by molar-refractivity contribution is -0.117. The zero-order chi connectivity index (χ0) is 11.2. The van der Waals surface area contributed by atoms with E-state index >= 15 is 0 Å². The van der Waals surface area contributed by atoms with Gasteiger partial charge in [0.05, 0.1) is 11.0 Å². The minimum atomic E-state index is 0.0231. The Morgan fingerprint density at radius 2 is 1.62 bits per heavy atom. The number of aromatic nitrogens is 2. The predicted octanol–water partition coefficient (Wildman–Crippen LogP) is 2.01. The van der Waals surface area contributed by atoms with E-state index in [1.807, 2.05) is 24.3 Å². The number of carbonyl (C=O) groups excluding carboxylic acids is 1. The molecule has 0 spiro atoms. The summed E-state index contributed by atoms with van der Waals surface area (Å²) >= 11 is 0. The molecule has 16 heavy (non-hydrogen) atoms. The van der Waals surface area contributed by atoms with Crippen LogP contribution in [0.5, 0.6) is 0 Å². The number of hydrogen-bond donors (Lipinski definition) is 0. The van der Waals surface area contributed by atoms with Gasteiger partial charge in [0.2, 0.25) is 5.91 Å². The van der Waals surface area contributed by atoms with E-state index in [4.69, 9.17) is 0 Å². The Morgan fingerprint density at radius 3 is 2.00 bits per heavy atom. The summed E-state index contributed by atoms with van der Waals surface area (Å²) in [5, 5.41) is 0. The van der Waals surface area contributed by atoms with Crippen LogP contribution in [-0.2, 0) is 4.79 Å². The highest BCUT2D eigenvalue weighted by molar-refractivity contribution is 5.91. The molecule has 1 aliphatic heterocycles. The van der Waals surface area contributed by atoms with Crippen LogP contribution in [0.4, 0.5) is 0 Å². The van der Waals surface area contributed by atoms with Gasteiger partial charge in [-0.05, 0) is 30.7 Å². The maximum atomic E-state index is 10.0. The van der Waals surface area contributed by atoms with Crippen molar-refractivity contribution in [3.63, 3.8) is 0 Å². The Labute approximate surface area is 93.1 Å². The Morgan fingerprint density at radius 1 is 1.00 bits per heavy atom. The zero-order valence-corrected chi connectivity index (χ0v) is 8.71. The number of carbonyl (C=O) groups is 1. The lowest BCUT2D eigenvalue weighted by Crippen LogP contribution is -1.79. The quantitative estimate of drug-likeness (QED) is 0.672. The maximum Gasteiger partial charge on any atom is 0.245 e. The van der Waals surface area contributed by atoms with Crippen molar-refractivity contribution in [1.29, 1.82) is 0 Å². The van der Waals surface area contributed by atoms with Gasteiger partial charge in [-0.15, -0.1) is 0 Å². The summed E-state index contributed by atoms with van der Waals surface area (Å²) < 4.78 is 0. The first-order chi connectivity index (χ1) is 7.86. The minimum Gasteiger partial charge on any atom is -0.273 e. The van der Waals surface area contributed by atoms with Gasteiger partial charge >= 0.3 is 0 Å². The van der Waals surface area contributed by atoms with E-state index in [0.717, 1.165) is 17.5 Å². The van der Waals surface area contributed by atoms with Crippen LogP contribution in [0.1, 0.15) is 12.8 Å². The third-order valence-electron chi connectivity index (χ3n) is 2.09. The van der Waals surface area contributed by atoms with Gasteiger partial charge in [-0.2, -0.15) is 0 Å². The van der Waals surface area contributed by atoms with Crippen molar-refractivity contribution in [3.05, 3.63) is 36.7 Å². The molecular weight excluding hydrogens is 202 g/mol. The first kappa shape index (κ1) is 10.4. The molecule has 4 nitrogen and oxygen atoms in total. The Kier molecular flexibility index (Phi) is 3.33. The number of hydrogen-bond acceptors (Lipinski definition) is 3. The fourth-order valence-corrected chi connectivity index (χ4v) is 1.32. The van der Waals surface area contributed by atoms with Crippen molar-refractivity contribution in [3.8, 4) is 0 Å². The third kappa shape index (κ3) is 2.70. The molecule has 2 aromatic heterocycles. The van der Waals surface area contributed by atoms with Crippen LogP contribution in [0.25, 0.3) is 11.0 Å². The molecule has 0 aromatic carbocycles. The second kappa shape index (κ2) is 5.11. The molecule has 0 fully saturated rings. The van der Waals surface area contributed by atoms with Gasteiger partial charge in [0.25, 0.3) is 0 Å². The highest BCUT2D eigenvalue weighted by Gasteiger charge is 2.00. The van der Waals surface area contributed by atoms with Gasteiger partial charge in [-0.1, -0.05) is 0 Å². The van der Waals surface area contributed by atoms with Crippen LogP contribution in [0, 0.1) is 0 Å². The summed E-state index contributed by atoms with van der Waals surface area (Å²) in [6.07, 6.45) is 6.66. The van der Waals surface area contributed by atoms with Crippen LogP contribution < -0.4 is 0 Å². The molecule has 0 aliphatic carbocycles. The lowest BCUT2D eigenvalue weighted by atomic mass is 10.3.